The van der Waals surface area contributed by atoms with E-state index in [-0.39, 0.29) is 6.10 Å². The number of hydrogen-bond acceptors (Lipinski definition) is 5. The summed E-state index contributed by atoms with van der Waals surface area (Å²) in [6, 6.07) is 20.9. The van der Waals surface area contributed by atoms with Crippen molar-refractivity contribution >= 4 is 17.6 Å². The topological polar surface area (TPSA) is 37.3 Å². The first-order valence-corrected chi connectivity index (χ1v) is 10.7. The van der Waals surface area contributed by atoms with Crippen molar-refractivity contribution in [3.63, 3.8) is 0 Å². The third-order valence-electron chi connectivity index (χ3n) is 5.95. The Morgan fingerprint density at radius 3 is 2.17 bits per heavy atom. The number of methoxy groups -OCH3 is 1. The number of dihydropyridines is 1. The molecule has 1 atom stereocenters. The summed E-state index contributed by atoms with van der Waals surface area (Å²) in [5, 5.41) is 0. The molecule has 2 aliphatic rings. The van der Waals surface area contributed by atoms with E-state index < -0.39 is 5.60 Å². The van der Waals surface area contributed by atoms with Crippen molar-refractivity contribution in [3.05, 3.63) is 72.5 Å². The lowest BCUT2D eigenvalue weighted by atomic mass is 9.95. The van der Waals surface area contributed by atoms with Gasteiger partial charge in [0.15, 0.2) is 5.60 Å². The molecule has 0 saturated carbocycles. The molecule has 1 fully saturated rings. The second-order valence-electron chi connectivity index (χ2n) is 8.10. The van der Waals surface area contributed by atoms with E-state index in [2.05, 4.69) is 70.4 Å². The van der Waals surface area contributed by atoms with Crippen LogP contribution in [0.3, 0.4) is 0 Å². The second-order valence-corrected chi connectivity index (χ2v) is 8.10. The van der Waals surface area contributed by atoms with Gasteiger partial charge >= 0.3 is 0 Å². The number of benzene rings is 2. The van der Waals surface area contributed by atoms with Gasteiger partial charge in [-0.2, -0.15) is 0 Å². The Morgan fingerprint density at radius 2 is 1.60 bits per heavy atom. The number of piperidine rings is 1. The van der Waals surface area contributed by atoms with Gasteiger partial charge in [0.1, 0.15) is 5.76 Å². The van der Waals surface area contributed by atoms with Crippen LogP contribution < -0.4 is 4.90 Å². The Kier molecular flexibility index (Phi) is 6.50. The van der Waals surface area contributed by atoms with Crippen LogP contribution in [0.2, 0.25) is 0 Å². The molecule has 2 aliphatic heterocycles. The molecule has 2 aromatic carbocycles. The number of aliphatic imine (C=N–C) groups is 1. The lowest BCUT2D eigenvalue weighted by molar-refractivity contribution is -0.100. The predicted molar refractivity (Wildman–Crippen MR) is 123 cm³/mol. The number of anilines is 2. The van der Waals surface area contributed by atoms with E-state index in [1.165, 1.54) is 0 Å². The molecular formula is C25H31N3O2. The largest absolute Gasteiger partial charge is 0.498 e. The van der Waals surface area contributed by atoms with Crippen LogP contribution in [0.15, 0.2) is 77.5 Å². The van der Waals surface area contributed by atoms with Crippen LogP contribution in [0, 0.1) is 0 Å². The number of rotatable bonds is 7. The summed E-state index contributed by atoms with van der Waals surface area (Å²) >= 11 is 0. The number of ether oxygens (including phenoxy) is 2. The van der Waals surface area contributed by atoms with Gasteiger partial charge in [-0.25, -0.2) is 0 Å². The minimum Gasteiger partial charge on any atom is -0.498 e. The molecule has 0 aromatic heterocycles. The van der Waals surface area contributed by atoms with E-state index in [4.69, 9.17) is 9.47 Å². The van der Waals surface area contributed by atoms with Gasteiger partial charge < -0.3 is 19.3 Å². The van der Waals surface area contributed by atoms with Crippen molar-refractivity contribution in [2.45, 2.75) is 24.5 Å². The molecule has 0 N–H and O–H groups in total. The molecule has 0 aliphatic carbocycles. The van der Waals surface area contributed by atoms with Gasteiger partial charge in [-0.15, -0.1) is 0 Å². The number of allylic oxidation sites excluding steroid dienone is 1. The summed E-state index contributed by atoms with van der Waals surface area (Å²) in [6.07, 6.45) is 6.02. The fraction of sp³-hybridized carbons (Fsp3) is 0.400. The highest BCUT2D eigenvalue weighted by atomic mass is 16.6. The van der Waals surface area contributed by atoms with Crippen LogP contribution in [0.25, 0.3) is 0 Å². The third kappa shape index (κ3) is 4.58. The van der Waals surface area contributed by atoms with Gasteiger partial charge in [0.25, 0.3) is 0 Å². The Bertz CT molecular complexity index is 821. The molecule has 0 spiro atoms. The first kappa shape index (κ1) is 20.6. The smallest absolute Gasteiger partial charge is 0.162 e. The molecule has 1 saturated heterocycles. The van der Waals surface area contributed by atoms with E-state index in [9.17, 15) is 0 Å². The Morgan fingerprint density at radius 1 is 1.00 bits per heavy atom. The molecule has 4 rings (SSSR count). The summed E-state index contributed by atoms with van der Waals surface area (Å²) in [4.78, 5) is 9.27. The normalized spacial score (nSPS) is 22.5. The minimum absolute atomic E-state index is 0.196. The predicted octanol–water partition coefficient (Wildman–Crippen LogP) is 4.29. The zero-order valence-electron chi connectivity index (χ0n) is 17.9. The quantitative estimate of drug-likeness (QED) is 0.689. The van der Waals surface area contributed by atoms with Crippen molar-refractivity contribution < 1.29 is 9.47 Å². The van der Waals surface area contributed by atoms with E-state index in [0.717, 1.165) is 43.1 Å². The van der Waals surface area contributed by atoms with Gasteiger partial charge in [-0.1, -0.05) is 36.4 Å². The average Bonchev–Trinajstić information content (AvgIpc) is 2.80. The summed E-state index contributed by atoms with van der Waals surface area (Å²) < 4.78 is 12.7. The van der Waals surface area contributed by atoms with Crippen molar-refractivity contribution in [3.8, 4) is 0 Å². The fourth-order valence-corrected chi connectivity index (χ4v) is 4.29. The Hall–Kier alpha value is -2.63. The highest BCUT2D eigenvalue weighted by Crippen LogP contribution is 2.35. The van der Waals surface area contributed by atoms with Gasteiger partial charge in [-0.3, -0.25) is 4.99 Å². The molecule has 5 nitrogen and oxygen atoms in total. The SMILES string of the molecule is COC1=CC=NCC1(CN(c1ccccc1)c1ccccc1)OC1CCN(C)CC1. The molecule has 1 unspecified atom stereocenters. The summed E-state index contributed by atoms with van der Waals surface area (Å²) in [5.74, 6) is 0.841. The maximum Gasteiger partial charge on any atom is 0.162 e. The van der Waals surface area contributed by atoms with E-state index >= 15 is 0 Å². The van der Waals surface area contributed by atoms with Crippen molar-refractivity contribution in [1.82, 2.24) is 4.90 Å². The maximum absolute atomic E-state index is 6.87. The number of likely N-dealkylation sites (tertiary alicyclic amines) is 1. The van der Waals surface area contributed by atoms with Gasteiger partial charge in [-0.05, 0) is 50.2 Å². The number of nitrogens with zero attached hydrogens (tertiary/aromatic N) is 3. The summed E-state index contributed by atoms with van der Waals surface area (Å²) in [5.41, 5.74) is 1.62. The molecule has 0 bridgehead atoms. The van der Waals surface area contributed by atoms with Gasteiger partial charge in [0, 0.05) is 30.7 Å². The van der Waals surface area contributed by atoms with Crippen LogP contribution in [0.4, 0.5) is 11.4 Å². The zero-order chi connectivity index (χ0) is 20.8. The number of para-hydroxylation sites is 2. The van der Waals surface area contributed by atoms with E-state index in [1.54, 1.807) is 7.11 Å². The highest BCUT2D eigenvalue weighted by Gasteiger charge is 2.43. The van der Waals surface area contributed by atoms with Crippen LogP contribution in [-0.2, 0) is 9.47 Å². The van der Waals surface area contributed by atoms with E-state index in [0.29, 0.717) is 13.1 Å². The molecule has 2 heterocycles. The standard InChI is InChI=1S/C25H31N3O2/c1-27-17-14-23(15-18-27)30-25(19-26-16-13-24(25)29-2)20-28(21-9-5-3-6-10-21)22-11-7-4-8-12-22/h3-13,16,23H,14-15,17-20H2,1-2H3. The fourth-order valence-electron chi connectivity index (χ4n) is 4.29. The van der Waals surface area contributed by atoms with Crippen molar-refractivity contribution in [1.29, 1.82) is 0 Å². The molecule has 2 aromatic rings. The average molecular weight is 406 g/mol. The van der Waals surface area contributed by atoms with Gasteiger partial charge in [0.05, 0.1) is 26.3 Å². The molecule has 30 heavy (non-hydrogen) atoms. The third-order valence-corrected chi connectivity index (χ3v) is 5.95. The Balaban J connectivity index is 1.68. The van der Waals surface area contributed by atoms with E-state index in [1.807, 2.05) is 24.4 Å². The van der Waals surface area contributed by atoms with Gasteiger partial charge in [0.2, 0.25) is 0 Å². The molecule has 0 radical (unpaired) electrons. The first-order chi connectivity index (χ1) is 14.7. The molecular weight excluding hydrogens is 374 g/mol. The minimum atomic E-state index is -0.629. The maximum atomic E-state index is 6.87. The van der Waals surface area contributed by atoms with Crippen molar-refractivity contribution in [2.24, 2.45) is 4.99 Å². The summed E-state index contributed by atoms with van der Waals surface area (Å²) in [7, 11) is 3.90. The zero-order valence-corrected chi connectivity index (χ0v) is 17.9. The molecule has 5 heteroatoms. The van der Waals surface area contributed by atoms with Crippen molar-refractivity contribution in [2.75, 3.05) is 45.2 Å². The lowest BCUT2D eigenvalue weighted by Gasteiger charge is -2.43. The first-order valence-electron chi connectivity index (χ1n) is 10.7. The molecule has 158 valence electrons. The highest BCUT2D eigenvalue weighted by molar-refractivity contribution is 5.74. The monoisotopic (exact) mass is 405 g/mol. The van der Waals surface area contributed by atoms with Crippen LogP contribution in [0.5, 0.6) is 0 Å². The van der Waals surface area contributed by atoms with Crippen LogP contribution >= 0.6 is 0 Å². The Labute approximate surface area is 179 Å². The van der Waals surface area contributed by atoms with Crippen LogP contribution in [-0.4, -0.2) is 63.2 Å². The lowest BCUT2D eigenvalue weighted by Crippen LogP contribution is -2.52. The van der Waals surface area contributed by atoms with Crippen LogP contribution in [0.1, 0.15) is 12.8 Å². The molecule has 0 amide bonds. The summed E-state index contributed by atoms with van der Waals surface area (Å²) in [6.45, 7) is 3.29. The number of hydrogen-bond donors (Lipinski definition) is 0. The second kappa shape index (κ2) is 9.45.